The predicted molar refractivity (Wildman–Crippen MR) is 132 cm³/mol. The molecule has 3 heterocycles. The van der Waals surface area contributed by atoms with Crippen LogP contribution in [-0.4, -0.2) is 65.1 Å². The number of pyridine rings is 1. The number of likely N-dealkylation sites (N-methyl/N-ethyl adjacent to an activating group) is 1. The number of nitrogens with zero attached hydrogens (tertiary/aromatic N) is 5. The molecule has 14 heteroatoms. The maximum absolute atomic E-state index is 15.2. The van der Waals surface area contributed by atoms with Crippen LogP contribution in [0.3, 0.4) is 0 Å². The van der Waals surface area contributed by atoms with Crippen LogP contribution in [0.1, 0.15) is 6.92 Å². The van der Waals surface area contributed by atoms with Gasteiger partial charge in [0.1, 0.15) is 17.4 Å². The van der Waals surface area contributed by atoms with Gasteiger partial charge in [-0.15, -0.1) is 0 Å². The fourth-order valence-corrected chi connectivity index (χ4v) is 4.26. The zero-order valence-corrected chi connectivity index (χ0v) is 20.6. The Morgan fingerprint density at radius 2 is 2.00 bits per heavy atom. The van der Waals surface area contributed by atoms with Gasteiger partial charge in [-0.3, -0.25) is 28.9 Å². The SMILES string of the molecule is CCN(CCn1c(=O)c2ncccc2c(=O)n1C)c1ccc(N2C[C@H](CNC(=O)C(F)F)OC2=O)cc1F. The summed E-state index contributed by atoms with van der Waals surface area (Å²) in [4.78, 5) is 55.7. The van der Waals surface area contributed by atoms with E-state index in [1.54, 1.807) is 17.9 Å². The highest BCUT2D eigenvalue weighted by atomic mass is 19.3. The Hall–Kier alpha value is -4.36. The lowest BCUT2D eigenvalue weighted by Gasteiger charge is -2.25. The third-order valence-corrected chi connectivity index (χ3v) is 6.25. The van der Waals surface area contributed by atoms with Crippen molar-refractivity contribution in [3.05, 3.63) is 63.1 Å². The van der Waals surface area contributed by atoms with E-state index in [-0.39, 0.29) is 54.0 Å². The van der Waals surface area contributed by atoms with Crippen LogP contribution in [0.5, 0.6) is 0 Å². The molecule has 0 aliphatic carbocycles. The summed E-state index contributed by atoms with van der Waals surface area (Å²) in [5.41, 5.74) is -0.369. The number of alkyl halides is 2. The number of cyclic esters (lactones) is 1. The van der Waals surface area contributed by atoms with E-state index < -0.39 is 35.9 Å². The third kappa shape index (κ3) is 5.19. The average Bonchev–Trinajstić information content (AvgIpc) is 3.28. The topological polar surface area (TPSA) is 119 Å². The van der Waals surface area contributed by atoms with Crippen molar-refractivity contribution in [2.45, 2.75) is 26.0 Å². The van der Waals surface area contributed by atoms with Crippen LogP contribution < -0.4 is 26.2 Å². The molecule has 3 aromatic rings. The number of halogens is 3. The smallest absolute Gasteiger partial charge is 0.414 e. The molecule has 0 saturated carbocycles. The lowest BCUT2D eigenvalue weighted by molar-refractivity contribution is -0.132. The molecule has 0 bridgehead atoms. The molecule has 1 aromatic carbocycles. The van der Waals surface area contributed by atoms with E-state index >= 15 is 4.39 Å². The number of carbonyl (C=O) groups excluding carboxylic acids is 2. The van der Waals surface area contributed by atoms with Crippen molar-refractivity contribution in [1.29, 1.82) is 0 Å². The van der Waals surface area contributed by atoms with Crippen molar-refractivity contribution in [3.63, 3.8) is 0 Å². The van der Waals surface area contributed by atoms with Gasteiger partial charge in [0.15, 0.2) is 0 Å². The number of aromatic nitrogens is 3. The summed E-state index contributed by atoms with van der Waals surface area (Å²) in [6.07, 6.45) is -3.43. The van der Waals surface area contributed by atoms with E-state index in [4.69, 9.17) is 4.74 Å². The highest BCUT2D eigenvalue weighted by molar-refractivity contribution is 5.90. The van der Waals surface area contributed by atoms with Crippen molar-refractivity contribution < 1.29 is 27.5 Å². The highest BCUT2D eigenvalue weighted by Crippen LogP contribution is 2.28. The van der Waals surface area contributed by atoms with Gasteiger partial charge in [0.2, 0.25) is 0 Å². The minimum absolute atomic E-state index is 0.0544. The number of rotatable bonds is 9. The van der Waals surface area contributed by atoms with E-state index in [2.05, 4.69) is 4.98 Å². The van der Waals surface area contributed by atoms with Gasteiger partial charge in [-0.25, -0.2) is 13.9 Å². The first-order chi connectivity index (χ1) is 18.1. The maximum Gasteiger partial charge on any atom is 0.414 e. The number of nitrogens with one attached hydrogen (secondary N) is 1. The van der Waals surface area contributed by atoms with Gasteiger partial charge in [-0.2, -0.15) is 8.78 Å². The molecule has 0 spiro atoms. The van der Waals surface area contributed by atoms with Crippen molar-refractivity contribution in [2.24, 2.45) is 7.05 Å². The molecule has 1 fully saturated rings. The maximum atomic E-state index is 15.2. The summed E-state index contributed by atoms with van der Waals surface area (Å²) in [5.74, 6) is -2.12. The third-order valence-electron chi connectivity index (χ3n) is 6.25. The summed E-state index contributed by atoms with van der Waals surface area (Å²) in [7, 11) is 1.48. The molecule has 2 aromatic heterocycles. The monoisotopic (exact) mass is 534 g/mol. The van der Waals surface area contributed by atoms with Crippen molar-refractivity contribution >= 4 is 34.3 Å². The van der Waals surface area contributed by atoms with Gasteiger partial charge in [-0.1, -0.05) is 0 Å². The number of amides is 2. The highest BCUT2D eigenvalue weighted by Gasteiger charge is 2.33. The van der Waals surface area contributed by atoms with E-state index in [1.165, 1.54) is 40.8 Å². The zero-order chi connectivity index (χ0) is 27.6. The van der Waals surface area contributed by atoms with E-state index in [9.17, 15) is 28.0 Å². The number of benzene rings is 1. The molecular formula is C24H25F3N6O5. The Kier molecular flexibility index (Phi) is 7.69. The van der Waals surface area contributed by atoms with E-state index in [0.717, 1.165) is 11.0 Å². The minimum Gasteiger partial charge on any atom is -0.442 e. The average molecular weight is 534 g/mol. The van der Waals surface area contributed by atoms with Crippen LogP contribution in [0, 0.1) is 5.82 Å². The van der Waals surface area contributed by atoms with Gasteiger partial charge in [0.05, 0.1) is 36.4 Å². The molecule has 38 heavy (non-hydrogen) atoms. The van der Waals surface area contributed by atoms with E-state index in [0.29, 0.717) is 6.54 Å². The van der Waals surface area contributed by atoms with Crippen LogP contribution in [0.25, 0.3) is 10.9 Å². The van der Waals surface area contributed by atoms with Gasteiger partial charge in [0, 0.05) is 26.3 Å². The molecule has 0 unspecified atom stereocenters. The van der Waals surface area contributed by atoms with Crippen LogP contribution >= 0.6 is 0 Å². The Morgan fingerprint density at radius 3 is 2.68 bits per heavy atom. The van der Waals surface area contributed by atoms with Crippen molar-refractivity contribution in [1.82, 2.24) is 19.7 Å². The number of hydrogen-bond acceptors (Lipinski definition) is 7. The van der Waals surface area contributed by atoms with Crippen LogP contribution in [0.2, 0.25) is 0 Å². The first kappa shape index (κ1) is 26.7. The zero-order valence-electron chi connectivity index (χ0n) is 20.6. The van der Waals surface area contributed by atoms with Gasteiger partial charge in [0.25, 0.3) is 17.0 Å². The number of carbonyl (C=O) groups is 2. The summed E-state index contributed by atoms with van der Waals surface area (Å²) >= 11 is 0. The van der Waals surface area contributed by atoms with Gasteiger partial charge in [-0.05, 0) is 37.3 Å². The lowest BCUT2D eigenvalue weighted by Crippen LogP contribution is -2.40. The Morgan fingerprint density at radius 1 is 1.24 bits per heavy atom. The molecule has 1 aliphatic rings. The van der Waals surface area contributed by atoms with Crippen LogP contribution in [0.4, 0.5) is 29.3 Å². The second-order valence-electron chi connectivity index (χ2n) is 8.53. The molecule has 1 aliphatic heterocycles. The molecule has 2 amide bonds. The Bertz CT molecular complexity index is 1490. The Balaban J connectivity index is 1.48. The fourth-order valence-electron chi connectivity index (χ4n) is 4.26. The molecule has 11 nitrogen and oxygen atoms in total. The molecule has 1 N–H and O–H groups in total. The Labute approximate surface area is 214 Å². The van der Waals surface area contributed by atoms with Crippen LogP contribution in [0.15, 0.2) is 46.1 Å². The predicted octanol–water partition coefficient (Wildman–Crippen LogP) is 1.47. The standard InChI is InChI=1S/C24H25F3N6O5/c1-3-31(9-10-33-23(36)19-16(5-4-8-28-19)22(35)30(33)2)18-7-6-14(11-17(18)25)32-13-15(38-24(32)37)12-29-21(34)20(26)27/h4-8,11,15,20H,3,9-10,12-13H2,1-2H3,(H,29,34)/t15-/m0/s1. The number of ether oxygens (including phenoxy) is 1. The number of anilines is 2. The number of hydrogen-bond donors (Lipinski definition) is 1. The van der Waals surface area contributed by atoms with Gasteiger partial charge >= 0.3 is 12.5 Å². The largest absolute Gasteiger partial charge is 0.442 e. The van der Waals surface area contributed by atoms with Crippen LogP contribution in [-0.2, 0) is 23.1 Å². The lowest BCUT2D eigenvalue weighted by atomic mass is 10.2. The fraction of sp³-hybridized carbons (Fsp3) is 0.375. The van der Waals surface area contributed by atoms with E-state index in [1.807, 2.05) is 5.32 Å². The summed E-state index contributed by atoms with van der Waals surface area (Å²) in [5, 5.41) is 2.20. The van der Waals surface area contributed by atoms with Crippen molar-refractivity contribution in [2.75, 3.05) is 36.0 Å². The summed E-state index contributed by atoms with van der Waals surface area (Å²) in [6.45, 7) is 2.08. The second-order valence-corrected chi connectivity index (χ2v) is 8.53. The van der Waals surface area contributed by atoms with Crippen molar-refractivity contribution in [3.8, 4) is 0 Å². The van der Waals surface area contributed by atoms with Gasteiger partial charge < -0.3 is 15.0 Å². The first-order valence-corrected chi connectivity index (χ1v) is 11.8. The molecule has 1 saturated heterocycles. The minimum atomic E-state index is -3.19. The molecule has 4 rings (SSSR count). The molecule has 1 atom stereocenters. The molecule has 0 radical (unpaired) electrons. The molecular weight excluding hydrogens is 509 g/mol. The normalized spacial score (nSPS) is 15.3. The molecule has 202 valence electrons. The second kappa shape index (κ2) is 10.9. The summed E-state index contributed by atoms with van der Waals surface area (Å²) < 4.78 is 47.4. The quantitative estimate of drug-likeness (QED) is 0.442. The number of fused-ring (bicyclic) bond motifs is 1. The first-order valence-electron chi connectivity index (χ1n) is 11.8. The summed E-state index contributed by atoms with van der Waals surface area (Å²) in [6, 6.07) is 7.22.